The zero-order valence-corrected chi connectivity index (χ0v) is 10.3. The molecule has 18 heavy (non-hydrogen) atoms. The summed E-state index contributed by atoms with van der Waals surface area (Å²) in [6, 6.07) is 1.35. The van der Waals surface area contributed by atoms with E-state index in [2.05, 4.69) is 0 Å². The molecule has 0 atom stereocenters. The molecular formula is C12H13N3O3. The van der Waals surface area contributed by atoms with Crippen molar-refractivity contribution >= 4 is 17.6 Å². The number of pyridine rings is 1. The van der Waals surface area contributed by atoms with E-state index in [4.69, 9.17) is 0 Å². The Balaban J connectivity index is 2.31. The van der Waals surface area contributed by atoms with Crippen LogP contribution in [0.4, 0.5) is 5.82 Å². The maximum Gasteiger partial charge on any atom is 0.254 e. The van der Waals surface area contributed by atoms with Crippen LogP contribution in [0.5, 0.6) is 0 Å². The summed E-state index contributed by atoms with van der Waals surface area (Å²) >= 11 is 0. The van der Waals surface area contributed by atoms with Gasteiger partial charge in [0.15, 0.2) is 0 Å². The quantitative estimate of drug-likeness (QED) is 0.618. The van der Waals surface area contributed by atoms with E-state index in [1.165, 1.54) is 15.5 Å². The van der Waals surface area contributed by atoms with E-state index in [1.807, 2.05) is 0 Å². The third-order valence-electron chi connectivity index (χ3n) is 3.64. The van der Waals surface area contributed by atoms with Crippen LogP contribution in [0.3, 0.4) is 0 Å². The maximum absolute atomic E-state index is 12.0. The van der Waals surface area contributed by atoms with Crippen molar-refractivity contribution in [3.63, 3.8) is 0 Å². The van der Waals surface area contributed by atoms with Crippen molar-refractivity contribution in [3.8, 4) is 0 Å². The number of rotatable bonds is 0. The minimum absolute atomic E-state index is 0.0714. The maximum atomic E-state index is 12.0. The largest absolute Gasteiger partial charge is 0.341 e. The van der Waals surface area contributed by atoms with Crippen LogP contribution in [0.15, 0.2) is 10.9 Å². The second-order valence-corrected chi connectivity index (χ2v) is 4.71. The Morgan fingerprint density at radius 1 is 1.17 bits per heavy atom. The molecule has 2 amide bonds. The summed E-state index contributed by atoms with van der Waals surface area (Å²) in [6.07, 6.45) is 0.671. The SMILES string of the molecule is CN1CCc2c(cc(=O)n3c2N(C)C(=O)C3)C1=O. The van der Waals surface area contributed by atoms with Gasteiger partial charge in [-0.3, -0.25) is 23.9 Å². The van der Waals surface area contributed by atoms with Crippen molar-refractivity contribution in [1.82, 2.24) is 9.47 Å². The highest BCUT2D eigenvalue weighted by Crippen LogP contribution is 2.29. The normalized spacial score (nSPS) is 18.1. The van der Waals surface area contributed by atoms with Gasteiger partial charge in [0.25, 0.3) is 11.5 Å². The molecule has 0 unspecified atom stereocenters. The fourth-order valence-electron chi connectivity index (χ4n) is 2.60. The lowest BCUT2D eigenvalue weighted by Gasteiger charge is -2.27. The number of fused-ring (bicyclic) bond motifs is 3. The van der Waals surface area contributed by atoms with Crippen LogP contribution >= 0.6 is 0 Å². The average molecular weight is 247 g/mol. The molecule has 0 saturated heterocycles. The smallest absolute Gasteiger partial charge is 0.254 e. The van der Waals surface area contributed by atoms with Gasteiger partial charge in [-0.1, -0.05) is 0 Å². The van der Waals surface area contributed by atoms with E-state index in [0.717, 1.165) is 5.56 Å². The molecule has 0 saturated carbocycles. The second-order valence-electron chi connectivity index (χ2n) is 4.71. The van der Waals surface area contributed by atoms with Crippen molar-refractivity contribution < 1.29 is 9.59 Å². The van der Waals surface area contributed by atoms with Crippen molar-refractivity contribution in [2.45, 2.75) is 13.0 Å². The van der Waals surface area contributed by atoms with Crippen LogP contribution in [0.25, 0.3) is 0 Å². The number of nitrogens with zero attached hydrogens (tertiary/aromatic N) is 3. The van der Waals surface area contributed by atoms with Gasteiger partial charge in [0.1, 0.15) is 12.4 Å². The summed E-state index contributed by atoms with van der Waals surface area (Å²) < 4.78 is 1.44. The number of carbonyl (C=O) groups is 2. The van der Waals surface area contributed by atoms with Crippen LogP contribution in [-0.4, -0.2) is 41.9 Å². The van der Waals surface area contributed by atoms with Crippen molar-refractivity contribution in [1.29, 1.82) is 0 Å². The van der Waals surface area contributed by atoms with Gasteiger partial charge in [-0.2, -0.15) is 0 Å². The Labute approximate surface area is 103 Å². The highest BCUT2D eigenvalue weighted by Gasteiger charge is 2.33. The van der Waals surface area contributed by atoms with Crippen LogP contribution in [0, 0.1) is 0 Å². The van der Waals surface area contributed by atoms with Gasteiger partial charge in [-0.15, -0.1) is 0 Å². The van der Waals surface area contributed by atoms with Gasteiger partial charge >= 0.3 is 0 Å². The predicted octanol–water partition coefficient (Wildman–Crippen LogP) is -0.547. The van der Waals surface area contributed by atoms with E-state index < -0.39 is 0 Å². The summed E-state index contributed by atoms with van der Waals surface area (Å²) in [6.45, 7) is 0.682. The second kappa shape index (κ2) is 3.44. The highest BCUT2D eigenvalue weighted by atomic mass is 16.2. The molecule has 94 valence electrons. The minimum atomic E-state index is -0.287. The van der Waals surface area contributed by atoms with Crippen molar-refractivity contribution in [3.05, 3.63) is 27.5 Å². The van der Waals surface area contributed by atoms with E-state index in [9.17, 15) is 14.4 Å². The molecule has 2 aliphatic heterocycles. The Morgan fingerprint density at radius 2 is 1.89 bits per heavy atom. The summed E-state index contributed by atoms with van der Waals surface area (Å²) in [4.78, 5) is 38.7. The summed E-state index contributed by atoms with van der Waals surface area (Å²) in [5.74, 6) is 0.320. The monoisotopic (exact) mass is 247 g/mol. The first-order valence-electron chi connectivity index (χ1n) is 5.79. The predicted molar refractivity (Wildman–Crippen MR) is 64.8 cm³/mol. The van der Waals surface area contributed by atoms with Crippen LogP contribution in [-0.2, 0) is 17.8 Å². The van der Waals surface area contributed by atoms with Crippen LogP contribution < -0.4 is 10.5 Å². The molecule has 0 bridgehead atoms. The topological polar surface area (TPSA) is 62.6 Å². The Kier molecular flexibility index (Phi) is 2.10. The first-order chi connectivity index (χ1) is 8.50. The van der Waals surface area contributed by atoms with Crippen LogP contribution in [0.1, 0.15) is 15.9 Å². The molecular weight excluding hydrogens is 234 g/mol. The number of aromatic nitrogens is 1. The Morgan fingerprint density at radius 3 is 2.61 bits per heavy atom. The molecule has 0 fully saturated rings. The van der Waals surface area contributed by atoms with E-state index in [0.29, 0.717) is 24.3 Å². The molecule has 0 aromatic carbocycles. The zero-order chi connectivity index (χ0) is 13.0. The van der Waals surface area contributed by atoms with Gasteiger partial charge in [-0.25, -0.2) is 0 Å². The molecule has 6 nitrogen and oxygen atoms in total. The first-order valence-corrected chi connectivity index (χ1v) is 5.79. The fourth-order valence-corrected chi connectivity index (χ4v) is 2.60. The molecule has 3 heterocycles. The van der Waals surface area contributed by atoms with E-state index in [1.54, 1.807) is 19.0 Å². The molecule has 0 aliphatic carbocycles. The zero-order valence-electron chi connectivity index (χ0n) is 10.3. The van der Waals surface area contributed by atoms with Crippen LogP contribution in [0.2, 0.25) is 0 Å². The van der Waals surface area contributed by atoms with Gasteiger partial charge < -0.3 is 4.90 Å². The first kappa shape index (κ1) is 11.0. The number of likely N-dealkylation sites (N-methyl/N-ethyl adjacent to an activating group) is 2. The molecule has 1 aromatic rings. The average Bonchev–Trinajstić information content (AvgIpc) is 2.63. The molecule has 0 spiro atoms. The van der Waals surface area contributed by atoms with Crippen molar-refractivity contribution in [2.75, 3.05) is 25.5 Å². The molecule has 3 rings (SSSR count). The van der Waals surface area contributed by atoms with Gasteiger partial charge in [0.05, 0.1) is 5.56 Å². The molecule has 0 radical (unpaired) electrons. The van der Waals surface area contributed by atoms with Gasteiger partial charge in [-0.05, 0) is 6.42 Å². The third-order valence-corrected chi connectivity index (χ3v) is 3.64. The van der Waals surface area contributed by atoms with E-state index >= 15 is 0 Å². The van der Waals surface area contributed by atoms with E-state index in [-0.39, 0.29) is 23.9 Å². The Bertz CT molecular complexity index is 632. The number of hydrogen-bond acceptors (Lipinski definition) is 3. The lowest BCUT2D eigenvalue weighted by Crippen LogP contribution is -2.37. The summed E-state index contributed by atoms with van der Waals surface area (Å²) in [7, 11) is 3.36. The molecule has 2 aliphatic rings. The lowest BCUT2D eigenvalue weighted by molar-refractivity contribution is -0.117. The van der Waals surface area contributed by atoms with Gasteiger partial charge in [0, 0.05) is 32.3 Å². The third kappa shape index (κ3) is 1.25. The molecule has 1 aromatic heterocycles. The summed E-state index contributed by atoms with van der Waals surface area (Å²) in [5.41, 5.74) is 0.956. The highest BCUT2D eigenvalue weighted by molar-refractivity contribution is 6.02. The molecule has 0 N–H and O–H groups in total. The number of hydrogen-bond donors (Lipinski definition) is 0. The van der Waals surface area contributed by atoms with Crippen molar-refractivity contribution in [2.24, 2.45) is 0 Å². The standard InChI is InChI=1S/C12H13N3O3/c1-13-4-3-7-8(12(13)18)5-9(16)15-6-10(17)14(2)11(7)15/h5H,3-4,6H2,1-2H3. The fraction of sp³-hybridized carbons (Fsp3) is 0.417. The van der Waals surface area contributed by atoms with Gasteiger partial charge in [0.2, 0.25) is 5.91 Å². The number of anilines is 1. The summed E-state index contributed by atoms with van der Waals surface area (Å²) in [5, 5.41) is 0. The lowest BCUT2D eigenvalue weighted by atomic mass is 10.00. The Hall–Kier alpha value is -2.11. The number of carbonyl (C=O) groups excluding carboxylic acids is 2. The minimum Gasteiger partial charge on any atom is -0.341 e. The molecule has 6 heteroatoms. The number of amides is 2.